The predicted molar refractivity (Wildman–Crippen MR) is 71.5 cm³/mol. The van der Waals surface area contributed by atoms with Gasteiger partial charge in [0.05, 0.1) is 0 Å². The Morgan fingerprint density at radius 2 is 1.80 bits per heavy atom. The average molecular weight is 216 g/mol. The number of hydrogen-bond donors (Lipinski definition) is 2. The smallest absolute Gasteiger partial charge is 0.0191 e. The largest absolute Gasteiger partial charge is 0.320 e. The molecule has 1 atom stereocenters. The Bertz CT molecular complexity index is 107. The molecule has 2 N–H and O–H groups in total. The molecular formula is C13H32N2. The maximum absolute atomic E-state index is 3.61. The molecule has 1 fully saturated rings. The van der Waals surface area contributed by atoms with Crippen LogP contribution in [0.2, 0.25) is 0 Å². The summed E-state index contributed by atoms with van der Waals surface area (Å²) >= 11 is 0. The molecule has 0 amide bonds. The number of rotatable bonds is 4. The van der Waals surface area contributed by atoms with E-state index in [2.05, 4.69) is 17.6 Å². The normalized spacial score (nSPS) is 23.6. The van der Waals surface area contributed by atoms with E-state index in [-0.39, 0.29) is 0 Å². The fraction of sp³-hybridized carbons (Fsp3) is 1.00. The minimum absolute atomic E-state index is 0.475. The number of nitrogens with one attached hydrogen (secondary N) is 2. The lowest BCUT2D eigenvalue weighted by Crippen LogP contribution is -2.41. The lowest BCUT2D eigenvalue weighted by atomic mass is 9.90. The second kappa shape index (κ2) is 12.0. The summed E-state index contributed by atoms with van der Waals surface area (Å²) in [7, 11) is 2.03. The van der Waals surface area contributed by atoms with Crippen molar-refractivity contribution in [2.75, 3.05) is 20.1 Å². The van der Waals surface area contributed by atoms with Gasteiger partial charge in [0, 0.05) is 5.54 Å². The Hall–Kier alpha value is -0.0800. The lowest BCUT2D eigenvalue weighted by Gasteiger charge is -2.27. The van der Waals surface area contributed by atoms with Crippen molar-refractivity contribution in [3.8, 4) is 0 Å². The molecule has 2 heteroatoms. The molecule has 0 bridgehead atoms. The van der Waals surface area contributed by atoms with Crippen molar-refractivity contribution in [3.63, 3.8) is 0 Å². The fourth-order valence-electron chi connectivity index (χ4n) is 1.92. The van der Waals surface area contributed by atoms with Gasteiger partial charge in [-0.15, -0.1) is 0 Å². The zero-order chi connectivity index (χ0) is 12.2. The Balaban J connectivity index is 0. The molecule has 0 aromatic carbocycles. The zero-order valence-corrected chi connectivity index (χ0v) is 11.7. The van der Waals surface area contributed by atoms with E-state index in [1.165, 1.54) is 32.2 Å². The SMILES string of the molecule is CC.CC.CCC1(CCNC)CCCN1. The molecule has 0 saturated carbocycles. The monoisotopic (exact) mass is 216 g/mol. The van der Waals surface area contributed by atoms with E-state index in [1.807, 2.05) is 34.7 Å². The van der Waals surface area contributed by atoms with Crippen molar-refractivity contribution in [1.82, 2.24) is 10.6 Å². The van der Waals surface area contributed by atoms with E-state index in [0.717, 1.165) is 6.54 Å². The second-order valence-corrected chi connectivity index (χ2v) is 3.52. The minimum atomic E-state index is 0.475. The van der Waals surface area contributed by atoms with Crippen molar-refractivity contribution >= 4 is 0 Å². The maximum atomic E-state index is 3.61. The van der Waals surface area contributed by atoms with Crippen LogP contribution in [0.3, 0.4) is 0 Å². The quantitative estimate of drug-likeness (QED) is 0.754. The van der Waals surface area contributed by atoms with Gasteiger partial charge in [0.15, 0.2) is 0 Å². The van der Waals surface area contributed by atoms with Gasteiger partial charge >= 0.3 is 0 Å². The highest BCUT2D eigenvalue weighted by Gasteiger charge is 2.30. The van der Waals surface area contributed by atoms with Crippen LogP contribution in [0.25, 0.3) is 0 Å². The number of hydrogen-bond acceptors (Lipinski definition) is 2. The highest BCUT2D eigenvalue weighted by Crippen LogP contribution is 2.25. The van der Waals surface area contributed by atoms with Gasteiger partial charge in [0.2, 0.25) is 0 Å². The second-order valence-electron chi connectivity index (χ2n) is 3.52. The van der Waals surface area contributed by atoms with Crippen molar-refractivity contribution in [3.05, 3.63) is 0 Å². The molecule has 2 nitrogen and oxygen atoms in total. The topological polar surface area (TPSA) is 24.1 Å². The van der Waals surface area contributed by atoms with Crippen LogP contribution in [0.5, 0.6) is 0 Å². The van der Waals surface area contributed by atoms with Gasteiger partial charge in [-0.3, -0.25) is 0 Å². The minimum Gasteiger partial charge on any atom is -0.320 e. The van der Waals surface area contributed by atoms with Crippen LogP contribution >= 0.6 is 0 Å². The first-order valence-electron chi connectivity index (χ1n) is 6.72. The van der Waals surface area contributed by atoms with Gasteiger partial charge in [-0.2, -0.15) is 0 Å². The highest BCUT2D eigenvalue weighted by molar-refractivity contribution is 4.91. The molecule has 0 aromatic heterocycles. The molecule has 0 aliphatic carbocycles. The van der Waals surface area contributed by atoms with Crippen LogP contribution in [-0.2, 0) is 0 Å². The van der Waals surface area contributed by atoms with Crippen LogP contribution in [-0.4, -0.2) is 25.7 Å². The third-order valence-electron chi connectivity index (χ3n) is 2.86. The molecule has 0 aromatic rings. The summed E-state index contributed by atoms with van der Waals surface area (Å²) in [5.74, 6) is 0. The molecular weight excluding hydrogens is 184 g/mol. The third kappa shape index (κ3) is 6.91. The summed E-state index contributed by atoms with van der Waals surface area (Å²) in [4.78, 5) is 0. The van der Waals surface area contributed by atoms with Crippen LogP contribution in [0.1, 0.15) is 60.3 Å². The van der Waals surface area contributed by atoms with Crippen LogP contribution in [0.15, 0.2) is 0 Å². The van der Waals surface area contributed by atoms with Crippen molar-refractivity contribution in [2.24, 2.45) is 0 Å². The summed E-state index contributed by atoms with van der Waals surface area (Å²) in [6.07, 6.45) is 5.28. The summed E-state index contributed by atoms with van der Waals surface area (Å²) in [6.45, 7) is 12.6. The molecule has 1 aliphatic heterocycles. The van der Waals surface area contributed by atoms with Crippen LogP contribution in [0, 0.1) is 0 Å². The Morgan fingerprint density at radius 3 is 2.13 bits per heavy atom. The molecule has 1 rings (SSSR count). The molecule has 0 radical (unpaired) electrons. The van der Waals surface area contributed by atoms with Gasteiger partial charge in [0.25, 0.3) is 0 Å². The summed E-state index contributed by atoms with van der Waals surface area (Å²) < 4.78 is 0. The molecule has 15 heavy (non-hydrogen) atoms. The first-order valence-corrected chi connectivity index (χ1v) is 6.72. The predicted octanol–water partition coefficient (Wildman–Crippen LogP) is 3.18. The zero-order valence-electron chi connectivity index (χ0n) is 11.7. The van der Waals surface area contributed by atoms with Gasteiger partial charge in [0.1, 0.15) is 0 Å². The molecule has 1 heterocycles. The first-order chi connectivity index (χ1) is 7.33. The standard InChI is InChI=1S/C9H20N2.2C2H6/c1-3-9(6-8-10-2)5-4-7-11-9;2*1-2/h10-11H,3-8H2,1-2H3;2*1-2H3. The van der Waals surface area contributed by atoms with E-state index in [0.29, 0.717) is 5.54 Å². The van der Waals surface area contributed by atoms with Gasteiger partial charge < -0.3 is 10.6 Å². The maximum Gasteiger partial charge on any atom is 0.0191 e. The molecule has 1 aliphatic rings. The van der Waals surface area contributed by atoms with Crippen molar-refractivity contribution in [2.45, 2.75) is 65.8 Å². The van der Waals surface area contributed by atoms with Gasteiger partial charge in [-0.1, -0.05) is 34.6 Å². The van der Waals surface area contributed by atoms with Gasteiger partial charge in [-0.25, -0.2) is 0 Å². The highest BCUT2D eigenvalue weighted by atomic mass is 15.0. The fourth-order valence-corrected chi connectivity index (χ4v) is 1.92. The van der Waals surface area contributed by atoms with Gasteiger partial charge in [-0.05, 0) is 45.8 Å². The molecule has 1 unspecified atom stereocenters. The first kappa shape index (κ1) is 17.3. The summed E-state index contributed by atoms with van der Waals surface area (Å²) in [5.41, 5.74) is 0.475. The Kier molecular flexibility index (Phi) is 13.8. The summed E-state index contributed by atoms with van der Waals surface area (Å²) in [6, 6.07) is 0. The van der Waals surface area contributed by atoms with Crippen LogP contribution < -0.4 is 10.6 Å². The van der Waals surface area contributed by atoms with E-state index < -0.39 is 0 Å². The molecule has 1 saturated heterocycles. The molecule has 0 spiro atoms. The van der Waals surface area contributed by atoms with Crippen LogP contribution in [0.4, 0.5) is 0 Å². The van der Waals surface area contributed by atoms with E-state index in [9.17, 15) is 0 Å². The molecule has 94 valence electrons. The van der Waals surface area contributed by atoms with E-state index in [4.69, 9.17) is 0 Å². The average Bonchev–Trinajstić information content (AvgIpc) is 2.81. The van der Waals surface area contributed by atoms with Crippen molar-refractivity contribution in [1.29, 1.82) is 0 Å². The third-order valence-corrected chi connectivity index (χ3v) is 2.86. The van der Waals surface area contributed by atoms with Crippen molar-refractivity contribution < 1.29 is 0 Å². The Labute approximate surface area is 97.2 Å². The summed E-state index contributed by atoms with van der Waals surface area (Å²) in [5, 5.41) is 6.83. The van der Waals surface area contributed by atoms with E-state index in [1.54, 1.807) is 0 Å². The van der Waals surface area contributed by atoms with E-state index >= 15 is 0 Å². The lowest BCUT2D eigenvalue weighted by molar-refractivity contribution is 0.333. The Morgan fingerprint density at radius 1 is 1.20 bits per heavy atom.